The molecule has 1 unspecified atom stereocenters. The third kappa shape index (κ3) is 56.9. The van der Waals surface area contributed by atoms with Crippen molar-refractivity contribution in [3.05, 3.63) is 109 Å². The molecule has 0 spiro atoms. The van der Waals surface area contributed by atoms with Crippen LogP contribution in [0.15, 0.2) is 109 Å². The van der Waals surface area contributed by atoms with E-state index < -0.39 is 12.1 Å². The molecular formula is C65H108O6. The fourth-order valence-electron chi connectivity index (χ4n) is 7.89. The van der Waals surface area contributed by atoms with Crippen LogP contribution >= 0.6 is 0 Å². The lowest BCUT2D eigenvalue weighted by molar-refractivity contribution is -0.166. The normalized spacial score (nSPS) is 12.9. The molecule has 0 radical (unpaired) electrons. The second-order valence-corrected chi connectivity index (χ2v) is 19.2. The first-order chi connectivity index (χ1) is 35.0. The Labute approximate surface area is 438 Å². The van der Waals surface area contributed by atoms with Crippen LogP contribution < -0.4 is 0 Å². The molecule has 0 amide bonds. The van der Waals surface area contributed by atoms with E-state index in [-0.39, 0.29) is 31.6 Å². The van der Waals surface area contributed by atoms with Crippen molar-refractivity contribution < 1.29 is 28.6 Å². The second kappa shape index (κ2) is 58.6. The maximum Gasteiger partial charge on any atom is 0.306 e. The molecule has 1 atom stereocenters. The van der Waals surface area contributed by atoms with Gasteiger partial charge in [-0.1, -0.05) is 259 Å². The van der Waals surface area contributed by atoms with Gasteiger partial charge in [-0.3, -0.25) is 14.4 Å². The highest BCUT2D eigenvalue weighted by molar-refractivity contribution is 5.71. The van der Waals surface area contributed by atoms with Gasteiger partial charge in [0.05, 0.1) is 0 Å². The van der Waals surface area contributed by atoms with Crippen LogP contribution in [0.5, 0.6) is 0 Å². The summed E-state index contributed by atoms with van der Waals surface area (Å²) in [5, 5.41) is 0. The second-order valence-electron chi connectivity index (χ2n) is 19.2. The molecule has 6 heteroatoms. The third-order valence-electron chi connectivity index (χ3n) is 12.3. The molecule has 0 aliphatic heterocycles. The predicted molar refractivity (Wildman–Crippen MR) is 307 cm³/mol. The van der Waals surface area contributed by atoms with Gasteiger partial charge in [0.25, 0.3) is 0 Å². The van der Waals surface area contributed by atoms with Crippen LogP contribution in [-0.4, -0.2) is 37.2 Å². The first-order valence-electron chi connectivity index (χ1n) is 29.4. The molecule has 0 aliphatic carbocycles. The lowest BCUT2D eigenvalue weighted by Gasteiger charge is -2.18. The number of hydrogen-bond acceptors (Lipinski definition) is 6. The molecule has 6 nitrogen and oxygen atoms in total. The van der Waals surface area contributed by atoms with Crippen LogP contribution in [0, 0.1) is 0 Å². The summed E-state index contributed by atoms with van der Waals surface area (Å²) in [6, 6.07) is 0. The zero-order chi connectivity index (χ0) is 51.4. The van der Waals surface area contributed by atoms with Gasteiger partial charge in [-0.15, -0.1) is 0 Å². The Morgan fingerprint density at radius 3 is 0.915 bits per heavy atom. The minimum Gasteiger partial charge on any atom is -0.462 e. The minimum absolute atomic E-state index is 0.109. The fraction of sp³-hybridized carbons (Fsp3) is 0.677. The maximum absolute atomic E-state index is 12.8. The quantitative estimate of drug-likeness (QED) is 0.0261. The van der Waals surface area contributed by atoms with Crippen molar-refractivity contribution in [2.24, 2.45) is 0 Å². The van der Waals surface area contributed by atoms with Gasteiger partial charge in [0.1, 0.15) is 13.2 Å². The average molecular weight is 986 g/mol. The van der Waals surface area contributed by atoms with E-state index in [1.165, 1.54) is 128 Å². The number of carbonyl (C=O) groups is 3. The summed E-state index contributed by atoms with van der Waals surface area (Å²) >= 11 is 0. The number of allylic oxidation sites excluding steroid dienone is 18. The highest BCUT2D eigenvalue weighted by Gasteiger charge is 2.19. The van der Waals surface area contributed by atoms with Crippen LogP contribution in [0.4, 0.5) is 0 Å². The topological polar surface area (TPSA) is 78.9 Å². The first-order valence-corrected chi connectivity index (χ1v) is 29.4. The smallest absolute Gasteiger partial charge is 0.306 e. The van der Waals surface area contributed by atoms with Crippen LogP contribution in [0.25, 0.3) is 0 Å². The summed E-state index contributed by atoms with van der Waals surface area (Å²) in [7, 11) is 0. The predicted octanol–water partition coefficient (Wildman–Crippen LogP) is 19.9. The van der Waals surface area contributed by atoms with Crippen LogP contribution in [0.1, 0.15) is 265 Å². The van der Waals surface area contributed by atoms with Gasteiger partial charge in [0, 0.05) is 19.3 Å². The van der Waals surface area contributed by atoms with Crippen LogP contribution in [0.2, 0.25) is 0 Å². The Kier molecular flexibility index (Phi) is 55.4. The minimum atomic E-state index is -0.820. The van der Waals surface area contributed by atoms with Gasteiger partial charge in [0.15, 0.2) is 6.10 Å². The maximum atomic E-state index is 12.8. The number of esters is 3. The highest BCUT2D eigenvalue weighted by atomic mass is 16.6. The molecule has 0 rings (SSSR count). The van der Waals surface area contributed by atoms with Crippen molar-refractivity contribution in [1.82, 2.24) is 0 Å². The molecule has 0 aromatic heterocycles. The molecule has 0 saturated heterocycles. The van der Waals surface area contributed by atoms with Gasteiger partial charge in [-0.2, -0.15) is 0 Å². The monoisotopic (exact) mass is 985 g/mol. The third-order valence-corrected chi connectivity index (χ3v) is 12.3. The average Bonchev–Trinajstić information content (AvgIpc) is 3.37. The number of unbranched alkanes of at least 4 members (excludes halogenated alkanes) is 23. The van der Waals surface area contributed by atoms with Crippen molar-refractivity contribution in [1.29, 1.82) is 0 Å². The Hall–Kier alpha value is -3.93. The van der Waals surface area contributed by atoms with E-state index in [9.17, 15) is 14.4 Å². The van der Waals surface area contributed by atoms with E-state index in [4.69, 9.17) is 14.2 Å². The lowest BCUT2D eigenvalue weighted by Crippen LogP contribution is -2.30. The number of rotatable bonds is 52. The largest absolute Gasteiger partial charge is 0.462 e. The molecule has 0 aromatic rings. The molecule has 0 fully saturated rings. The Bertz CT molecular complexity index is 1460. The Morgan fingerprint density at radius 1 is 0.296 bits per heavy atom. The standard InChI is InChI=1S/C65H108O6/c1-4-7-10-13-16-19-21-23-25-27-29-30-31-32-33-34-36-37-39-41-43-46-49-52-55-58-64(67)70-61-62(60-69-63(66)57-54-51-48-45-18-15-12-9-6-3)71-65(68)59-56-53-50-47-44-42-40-38-35-28-26-24-22-20-17-14-11-8-5-2/h8,11,17,20-21,23-24,26-27,29,31-32,35,38,42,44,50,53,62H,4-7,9-10,12-16,18-19,22,25,28,30,33-34,36-37,39-41,43,45-49,51-52,54-61H2,1-3H3/b11-8-,20-17-,23-21-,26-24-,29-27-,32-31-,38-35-,44-42-,53-50-. The fourth-order valence-corrected chi connectivity index (χ4v) is 7.89. The Balaban J connectivity index is 4.35. The Morgan fingerprint density at radius 2 is 0.577 bits per heavy atom. The number of hydrogen-bond donors (Lipinski definition) is 0. The lowest BCUT2D eigenvalue weighted by atomic mass is 10.1. The van der Waals surface area contributed by atoms with Crippen LogP contribution in [0.3, 0.4) is 0 Å². The molecule has 0 N–H and O–H groups in total. The van der Waals surface area contributed by atoms with Gasteiger partial charge in [-0.25, -0.2) is 0 Å². The zero-order valence-electron chi connectivity index (χ0n) is 46.2. The molecular weight excluding hydrogens is 877 g/mol. The molecule has 0 saturated carbocycles. The van der Waals surface area contributed by atoms with Crippen molar-refractivity contribution in [2.45, 2.75) is 271 Å². The van der Waals surface area contributed by atoms with Gasteiger partial charge < -0.3 is 14.2 Å². The van der Waals surface area contributed by atoms with Gasteiger partial charge in [0.2, 0.25) is 0 Å². The highest BCUT2D eigenvalue weighted by Crippen LogP contribution is 2.15. The van der Waals surface area contributed by atoms with Gasteiger partial charge in [-0.05, 0) is 96.3 Å². The SMILES string of the molecule is CC/C=C\C/C=C\C/C=C\C/C=C\C/C=C\C/C=C\CCC(=O)OC(COC(=O)CCCCCCCCCCC)COC(=O)CCCCCCCCCCCC/C=C\C/C=C\C/C=C\CCCCCCC. The van der Waals surface area contributed by atoms with Gasteiger partial charge >= 0.3 is 17.9 Å². The number of ether oxygens (including phenoxy) is 3. The molecule has 0 aromatic carbocycles. The molecule has 71 heavy (non-hydrogen) atoms. The molecule has 0 heterocycles. The van der Waals surface area contributed by atoms with Crippen molar-refractivity contribution in [3.8, 4) is 0 Å². The summed E-state index contributed by atoms with van der Waals surface area (Å²) < 4.78 is 16.7. The number of carbonyl (C=O) groups excluding carboxylic acids is 3. The first kappa shape index (κ1) is 67.1. The van der Waals surface area contributed by atoms with E-state index in [1.807, 2.05) is 12.2 Å². The van der Waals surface area contributed by atoms with E-state index >= 15 is 0 Å². The van der Waals surface area contributed by atoms with Crippen molar-refractivity contribution >= 4 is 17.9 Å². The van der Waals surface area contributed by atoms with E-state index in [1.54, 1.807) is 0 Å². The summed E-state index contributed by atoms with van der Waals surface area (Å²) in [6.07, 6.45) is 79.6. The van der Waals surface area contributed by atoms with E-state index in [0.29, 0.717) is 19.3 Å². The summed E-state index contributed by atoms with van der Waals surface area (Å²) in [6.45, 7) is 6.43. The molecule has 404 valence electrons. The summed E-state index contributed by atoms with van der Waals surface area (Å²) in [5.41, 5.74) is 0. The van der Waals surface area contributed by atoms with Crippen molar-refractivity contribution in [2.75, 3.05) is 13.2 Å². The molecule has 0 bridgehead atoms. The summed E-state index contributed by atoms with van der Waals surface area (Å²) in [4.78, 5) is 38.0. The van der Waals surface area contributed by atoms with Crippen LogP contribution in [-0.2, 0) is 28.6 Å². The van der Waals surface area contributed by atoms with E-state index in [2.05, 4.69) is 118 Å². The molecule has 0 aliphatic rings. The summed E-state index contributed by atoms with van der Waals surface area (Å²) in [5.74, 6) is -1.00. The van der Waals surface area contributed by atoms with Crippen molar-refractivity contribution in [3.63, 3.8) is 0 Å². The zero-order valence-corrected chi connectivity index (χ0v) is 46.2. The van der Waals surface area contributed by atoms with E-state index in [0.717, 1.165) is 89.9 Å².